The summed E-state index contributed by atoms with van der Waals surface area (Å²) in [4.78, 5) is 0. The van der Waals surface area contributed by atoms with Gasteiger partial charge in [-0.15, -0.1) is 0 Å². The quantitative estimate of drug-likeness (QED) is 0.860. The molecule has 0 amide bonds. The van der Waals surface area contributed by atoms with Gasteiger partial charge in [-0.2, -0.15) is 0 Å². The molecule has 13 heavy (non-hydrogen) atoms. The average molecular weight is 242 g/mol. The monoisotopic (exact) mass is 241 g/mol. The predicted molar refractivity (Wildman–Crippen MR) is 57.1 cm³/mol. The normalized spacial score (nSPS) is 16.8. The van der Waals surface area contributed by atoms with Gasteiger partial charge < -0.3 is 10.1 Å². The van der Waals surface area contributed by atoms with Gasteiger partial charge in [-0.3, -0.25) is 0 Å². The Morgan fingerprint density at radius 1 is 1.46 bits per heavy atom. The summed E-state index contributed by atoms with van der Waals surface area (Å²) in [6.07, 6.45) is 0. The lowest BCUT2D eigenvalue weighted by molar-refractivity contribution is 0.0211. The highest BCUT2D eigenvalue weighted by Gasteiger charge is 2.18. The van der Waals surface area contributed by atoms with Gasteiger partial charge in [0.1, 0.15) is 0 Å². The molecule has 0 aromatic heterocycles. The second-order valence-corrected chi connectivity index (χ2v) is 4.22. The fourth-order valence-electron chi connectivity index (χ4n) is 1.28. The molecule has 1 heterocycles. The average Bonchev–Trinajstić information content (AvgIpc) is 1.99. The highest BCUT2D eigenvalue weighted by Crippen LogP contribution is 2.24. The summed E-state index contributed by atoms with van der Waals surface area (Å²) in [6.45, 7) is 3.72. The zero-order valence-electron chi connectivity index (χ0n) is 7.51. The number of benzene rings is 1. The fraction of sp³-hybridized carbons (Fsp3) is 0.400. The molecular weight excluding hydrogens is 230 g/mol. The highest BCUT2D eigenvalue weighted by atomic mass is 79.9. The Balaban J connectivity index is 2.10. The zero-order chi connectivity index (χ0) is 9.26. The summed E-state index contributed by atoms with van der Waals surface area (Å²) < 4.78 is 6.22. The van der Waals surface area contributed by atoms with E-state index in [0.717, 1.165) is 23.4 Å². The van der Waals surface area contributed by atoms with Crippen LogP contribution in [0.1, 0.15) is 5.56 Å². The van der Waals surface area contributed by atoms with Gasteiger partial charge >= 0.3 is 0 Å². The van der Waals surface area contributed by atoms with Gasteiger partial charge in [-0.1, -0.05) is 6.07 Å². The van der Waals surface area contributed by atoms with Crippen molar-refractivity contribution in [3.8, 4) is 0 Å². The maximum atomic E-state index is 5.09. The van der Waals surface area contributed by atoms with Crippen molar-refractivity contribution in [1.29, 1.82) is 0 Å². The molecule has 0 bridgehead atoms. The van der Waals surface area contributed by atoms with Gasteiger partial charge in [0.15, 0.2) is 0 Å². The van der Waals surface area contributed by atoms with Crippen molar-refractivity contribution in [2.24, 2.45) is 0 Å². The molecule has 1 aliphatic rings. The van der Waals surface area contributed by atoms with Crippen molar-refractivity contribution < 1.29 is 4.74 Å². The van der Waals surface area contributed by atoms with Gasteiger partial charge in [0.2, 0.25) is 0 Å². The molecule has 70 valence electrons. The number of ether oxygens (including phenoxy) is 1. The maximum Gasteiger partial charge on any atom is 0.0729 e. The summed E-state index contributed by atoms with van der Waals surface area (Å²) >= 11 is 3.53. The number of halogens is 1. The third-order valence-electron chi connectivity index (χ3n) is 2.12. The van der Waals surface area contributed by atoms with Gasteiger partial charge in [0.25, 0.3) is 0 Å². The van der Waals surface area contributed by atoms with E-state index in [0.29, 0.717) is 6.04 Å². The maximum absolute atomic E-state index is 5.09. The number of anilines is 1. The van der Waals surface area contributed by atoms with Crippen molar-refractivity contribution in [1.82, 2.24) is 0 Å². The topological polar surface area (TPSA) is 21.3 Å². The Morgan fingerprint density at radius 2 is 2.23 bits per heavy atom. The molecule has 2 nitrogen and oxygen atoms in total. The van der Waals surface area contributed by atoms with Gasteiger partial charge in [-0.25, -0.2) is 0 Å². The van der Waals surface area contributed by atoms with Gasteiger partial charge in [0.05, 0.1) is 19.3 Å². The van der Waals surface area contributed by atoms with Crippen molar-refractivity contribution in [2.75, 3.05) is 18.5 Å². The first-order valence-electron chi connectivity index (χ1n) is 4.36. The van der Waals surface area contributed by atoms with Crippen LogP contribution in [0.4, 0.5) is 5.69 Å². The molecule has 0 saturated carbocycles. The lowest BCUT2D eigenvalue weighted by atomic mass is 10.2. The third-order valence-corrected chi connectivity index (χ3v) is 2.78. The van der Waals surface area contributed by atoms with Crippen LogP contribution in [0.3, 0.4) is 0 Å². The zero-order valence-corrected chi connectivity index (χ0v) is 9.10. The number of aryl methyl sites for hydroxylation is 1. The molecule has 0 spiro atoms. The van der Waals surface area contributed by atoms with Crippen molar-refractivity contribution in [3.63, 3.8) is 0 Å². The minimum Gasteiger partial charge on any atom is -0.377 e. The first kappa shape index (κ1) is 9.03. The van der Waals surface area contributed by atoms with Crippen LogP contribution in [0.2, 0.25) is 0 Å². The molecule has 1 aromatic carbocycles. The minimum absolute atomic E-state index is 0.485. The summed E-state index contributed by atoms with van der Waals surface area (Å²) in [5.41, 5.74) is 2.42. The van der Waals surface area contributed by atoms with Crippen molar-refractivity contribution in [2.45, 2.75) is 13.0 Å². The molecule has 1 N–H and O–H groups in total. The Labute approximate surface area is 86.4 Å². The van der Waals surface area contributed by atoms with Crippen molar-refractivity contribution in [3.05, 3.63) is 28.2 Å². The molecule has 1 fully saturated rings. The summed E-state index contributed by atoms with van der Waals surface area (Å²) in [5, 5.41) is 3.40. The Kier molecular flexibility index (Phi) is 2.56. The van der Waals surface area contributed by atoms with E-state index >= 15 is 0 Å². The van der Waals surface area contributed by atoms with Gasteiger partial charge in [0, 0.05) is 10.2 Å². The SMILES string of the molecule is Cc1ccc(NC2COC2)c(Br)c1. The van der Waals surface area contributed by atoms with E-state index in [-0.39, 0.29) is 0 Å². The van der Waals surface area contributed by atoms with Crippen LogP contribution < -0.4 is 5.32 Å². The molecule has 1 aliphatic heterocycles. The Bertz CT molecular complexity index is 310. The predicted octanol–water partition coefficient (Wildman–Crippen LogP) is 2.57. The van der Waals surface area contributed by atoms with E-state index in [4.69, 9.17) is 4.74 Å². The van der Waals surface area contributed by atoms with Crippen LogP contribution in [-0.4, -0.2) is 19.3 Å². The van der Waals surface area contributed by atoms with Crippen molar-refractivity contribution >= 4 is 21.6 Å². The molecule has 2 rings (SSSR count). The lowest BCUT2D eigenvalue weighted by Gasteiger charge is -2.28. The number of nitrogens with one attached hydrogen (secondary N) is 1. The summed E-state index contributed by atoms with van der Waals surface area (Å²) in [5.74, 6) is 0. The second-order valence-electron chi connectivity index (χ2n) is 3.36. The van der Waals surface area contributed by atoms with E-state index in [9.17, 15) is 0 Å². The molecule has 0 atom stereocenters. The Hall–Kier alpha value is -0.540. The van der Waals surface area contributed by atoms with E-state index in [1.807, 2.05) is 0 Å². The molecule has 3 heteroatoms. The van der Waals surface area contributed by atoms with Crippen LogP contribution in [0, 0.1) is 6.92 Å². The molecule has 0 radical (unpaired) electrons. The number of hydrogen-bond acceptors (Lipinski definition) is 2. The van der Waals surface area contributed by atoms with E-state index in [1.54, 1.807) is 0 Å². The summed E-state index contributed by atoms with van der Waals surface area (Å²) in [7, 11) is 0. The highest BCUT2D eigenvalue weighted by molar-refractivity contribution is 9.10. The third kappa shape index (κ3) is 2.03. The number of hydrogen-bond donors (Lipinski definition) is 1. The molecular formula is C10H12BrNO. The van der Waals surface area contributed by atoms with E-state index in [1.165, 1.54) is 5.56 Å². The van der Waals surface area contributed by atoms with Crippen LogP contribution in [-0.2, 0) is 4.74 Å². The van der Waals surface area contributed by atoms with E-state index in [2.05, 4.69) is 46.4 Å². The lowest BCUT2D eigenvalue weighted by Crippen LogP contribution is -2.40. The standard InChI is InChI=1S/C10H12BrNO/c1-7-2-3-10(9(11)4-7)12-8-5-13-6-8/h2-4,8,12H,5-6H2,1H3. The van der Waals surface area contributed by atoms with Crippen LogP contribution >= 0.6 is 15.9 Å². The largest absolute Gasteiger partial charge is 0.377 e. The molecule has 1 saturated heterocycles. The summed E-state index contributed by atoms with van der Waals surface area (Å²) in [6, 6.07) is 6.80. The van der Waals surface area contributed by atoms with Gasteiger partial charge in [-0.05, 0) is 40.5 Å². The minimum atomic E-state index is 0.485. The van der Waals surface area contributed by atoms with E-state index < -0.39 is 0 Å². The molecule has 0 aliphatic carbocycles. The first-order valence-corrected chi connectivity index (χ1v) is 5.15. The molecule has 0 unspecified atom stereocenters. The fourth-order valence-corrected chi connectivity index (χ4v) is 1.88. The van der Waals surface area contributed by atoms with Crippen LogP contribution in [0.5, 0.6) is 0 Å². The molecule has 1 aromatic rings. The smallest absolute Gasteiger partial charge is 0.0729 e. The Morgan fingerprint density at radius 3 is 2.77 bits per heavy atom. The first-order chi connectivity index (χ1) is 6.25. The van der Waals surface area contributed by atoms with Crippen LogP contribution in [0.15, 0.2) is 22.7 Å². The second kappa shape index (κ2) is 3.68. The van der Waals surface area contributed by atoms with Crippen LogP contribution in [0.25, 0.3) is 0 Å². The number of rotatable bonds is 2.